The van der Waals surface area contributed by atoms with E-state index < -0.39 is 0 Å². The third-order valence-corrected chi connectivity index (χ3v) is 3.69. The number of quaternary nitrogens is 1. The fraction of sp³-hybridized carbons (Fsp3) is 0.176. The van der Waals surface area contributed by atoms with Gasteiger partial charge in [0.1, 0.15) is 12.1 Å². The van der Waals surface area contributed by atoms with Gasteiger partial charge in [-0.2, -0.15) is 0 Å². The number of nitrogens with one attached hydrogen (secondary N) is 1. The maximum absolute atomic E-state index is 11.7. The lowest BCUT2D eigenvalue weighted by atomic mass is 10.0. The Morgan fingerprint density at radius 1 is 1.23 bits per heavy atom. The minimum atomic E-state index is -0.369. The van der Waals surface area contributed by atoms with Crippen molar-refractivity contribution in [3.05, 3.63) is 58.4 Å². The molecule has 0 saturated carbocycles. The number of fused-ring (bicyclic) bond motifs is 3. The standard InChI is InChI=1S/C17H16N2O3/c1-18-15(20)10-19-9-12-8-16(21)22-14-7-6-11-4-2-3-5-13(11)17(12)14/h2-8,19H,9-10H2,1H3,(H,18,20)/p+1. The summed E-state index contributed by atoms with van der Waals surface area (Å²) in [6, 6.07) is 13.3. The summed E-state index contributed by atoms with van der Waals surface area (Å²) in [6.45, 7) is 0.868. The predicted octanol–water partition coefficient (Wildman–Crippen LogP) is 0.756. The van der Waals surface area contributed by atoms with Gasteiger partial charge in [0.2, 0.25) is 0 Å². The van der Waals surface area contributed by atoms with Crippen molar-refractivity contribution >= 4 is 27.6 Å². The van der Waals surface area contributed by atoms with Crippen LogP contribution in [0, 0.1) is 0 Å². The van der Waals surface area contributed by atoms with Gasteiger partial charge in [-0.25, -0.2) is 4.79 Å². The molecule has 2 aromatic carbocycles. The number of hydrogen-bond donors (Lipinski definition) is 2. The minimum absolute atomic E-state index is 0.0443. The monoisotopic (exact) mass is 297 g/mol. The fourth-order valence-electron chi connectivity index (χ4n) is 2.64. The van der Waals surface area contributed by atoms with Crippen molar-refractivity contribution in [3.8, 4) is 0 Å². The highest BCUT2D eigenvalue weighted by Gasteiger charge is 2.11. The average molecular weight is 297 g/mol. The number of amides is 1. The maximum atomic E-state index is 11.7. The van der Waals surface area contributed by atoms with Gasteiger partial charge in [-0.05, 0) is 16.8 Å². The number of benzene rings is 2. The van der Waals surface area contributed by atoms with Crippen molar-refractivity contribution in [3.63, 3.8) is 0 Å². The lowest BCUT2D eigenvalue weighted by molar-refractivity contribution is -0.659. The van der Waals surface area contributed by atoms with Gasteiger partial charge in [0, 0.05) is 24.1 Å². The Bertz CT molecular complexity index is 899. The van der Waals surface area contributed by atoms with Crippen LogP contribution in [0.3, 0.4) is 0 Å². The zero-order valence-corrected chi connectivity index (χ0v) is 12.3. The molecule has 0 aliphatic carbocycles. The topological polar surface area (TPSA) is 75.9 Å². The van der Waals surface area contributed by atoms with Gasteiger partial charge in [0.15, 0.2) is 6.54 Å². The Morgan fingerprint density at radius 3 is 2.86 bits per heavy atom. The quantitative estimate of drug-likeness (QED) is 0.551. The van der Waals surface area contributed by atoms with Crippen LogP contribution in [0.5, 0.6) is 0 Å². The van der Waals surface area contributed by atoms with Crippen LogP contribution in [-0.2, 0) is 11.3 Å². The van der Waals surface area contributed by atoms with Crippen molar-refractivity contribution in [2.24, 2.45) is 0 Å². The van der Waals surface area contributed by atoms with Crippen molar-refractivity contribution in [1.82, 2.24) is 5.32 Å². The molecule has 3 rings (SSSR count). The van der Waals surface area contributed by atoms with E-state index in [2.05, 4.69) is 5.32 Å². The number of rotatable bonds is 4. The van der Waals surface area contributed by atoms with E-state index in [9.17, 15) is 9.59 Å². The molecule has 22 heavy (non-hydrogen) atoms. The summed E-state index contributed by atoms with van der Waals surface area (Å²) in [4.78, 5) is 23.1. The zero-order valence-electron chi connectivity index (χ0n) is 12.3. The van der Waals surface area contributed by atoms with E-state index in [0.29, 0.717) is 18.7 Å². The molecule has 0 spiro atoms. The molecule has 112 valence electrons. The second-order valence-electron chi connectivity index (χ2n) is 5.12. The Kier molecular flexibility index (Phi) is 3.89. The third kappa shape index (κ3) is 2.71. The molecule has 0 atom stereocenters. The smallest absolute Gasteiger partial charge is 0.336 e. The van der Waals surface area contributed by atoms with E-state index in [1.54, 1.807) is 7.05 Å². The van der Waals surface area contributed by atoms with Gasteiger partial charge >= 0.3 is 5.63 Å². The van der Waals surface area contributed by atoms with Crippen LogP contribution in [0.4, 0.5) is 0 Å². The molecule has 0 saturated heterocycles. The molecule has 3 N–H and O–H groups in total. The minimum Gasteiger partial charge on any atom is -0.423 e. The van der Waals surface area contributed by atoms with Crippen LogP contribution in [0.25, 0.3) is 21.7 Å². The average Bonchev–Trinajstić information content (AvgIpc) is 2.53. The number of carbonyl (C=O) groups excluding carboxylic acids is 1. The molecule has 0 aliphatic rings. The first kappa shape index (κ1) is 14.3. The Morgan fingerprint density at radius 2 is 2.05 bits per heavy atom. The van der Waals surface area contributed by atoms with Crippen LogP contribution in [0.2, 0.25) is 0 Å². The van der Waals surface area contributed by atoms with Crippen LogP contribution in [0.15, 0.2) is 51.7 Å². The van der Waals surface area contributed by atoms with Crippen LogP contribution < -0.4 is 16.3 Å². The molecule has 0 aliphatic heterocycles. The highest BCUT2D eigenvalue weighted by atomic mass is 16.4. The lowest BCUT2D eigenvalue weighted by Crippen LogP contribution is -2.85. The SMILES string of the molecule is CNC(=O)C[NH2+]Cc1cc(=O)oc2ccc3ccccc3c12. The van der Waals surface area contributed by atoms with E-state index in [4.69, 9.17) is 4.42 Å². The molecular weight excluding hydrogens is 280 g/mol. The van der Waals surface area contributed by atoms with Gasteiger partial charge in [0.25, 0.3) is 5.91 Å². The molecule has 1 amide bonds. The molecule has 0 fully saturated rings. The molecular formula is C17H17N2O3+. The van der Waals surface area contributed by atoms with E-state index in [0.717, 1.165) is 21.7 Å². The fourth-order valence-corrected chi connectivity index (χ4v) is 2.64. The van der Waals surface area contributed by atoms with Crippen molar-refractivity contribution in [1.29, 1.82) is 0 Å². The Balaban J connectivity index is 2.09. The molecule has 5 nitrogen and oxygen atoms in total. The van der Waals surface area contributed by atoms with E-state index >= 15 is 0 Å². The number of hydrogen-bond acceptors (Lipinski definition) is 3. The van der Waals surface area contributed by atoms with Crippen LogP contribution in [-0.4, -0.2) is 19.5 Å². The number of nitrogens with two attached hydrogens (primary N) is 1. The van der Waals surface area contributed by atoms with Gasteiger partial charge in [0.05, 0.1) is 0 Å². The molecule has 5 heteroatoms. The zero-order chi connectivity index (χ0) is 15.5. The number of carbonyl (C=O) groups is 1. The molecule has 0 bridgehead atoms. The van der Waals surface area contributed by atoms with Crippen LogP contribution in [0.1, 0.15) is 5.56 Å². The summed E-state index contributed by atoms with van der Waals surface area (Å²) in [5.74, 6) is -0.0443. The predicted molar refractivity (Wildman–Crippen MR) is 84.6 cm³/mol. The van der Waals surface area contributed by atoms with Crippen molar-refractivity contribution < 1.29 is 14.5 Å². The molecule has 0 radical (unpaired) electrons. The highest BCUT2D eigenvalue weighted by molar-refractivity contribution is 6.06. The molecule has 1 aromatic heterocycles. The van der Waals surface area contributed by atoms with E-state index in [-0.39, 0.29) is 11.5 Å². The van der Waals surface area contributed by atoms with Crippen molar-refractivity contribution in [2.45, 2.75) is 6.54 Å². The normalized spacial score (nSPS) is 11.0. The summed E-state index contributed by atoms with van der Waals surface area (Å²) >= 11 is 0. The Labute approximate surface area is 126 Å². The first-order chi connectivity index (χ1) is 10.7. The highest BCUT2D eigenvalue weighted by Crippen LogP contribution is 2.26. The summed E-state index contributed by atoms with van der Waals surface area (Å²) in [5, 5.41) is 7.53. The first-order valence-corrected chi connectivity index (χ1v) is 7.16. The van der Waals surface area contributed by atoms with Gasteiger partial charge < -0.3 is 15.1 Å². The van der Waals surface area contributed by atoms with E-state index in [1.165, 1.54) is 6.07 Å². The second-order valence-corrected chi connectivity index (χ2v) is 5.12. The summed E-state index contributed by atoms with van der Waals surface area (Å²) in [5.41, 5.74) is 1.09. The van der Waals surface area contributed by atoms with Gasteiger partial charge in [-0.1, -0.05) is 30.3 Å². The lowest BCUT2D eigenvalue weighted by Gasteiger charge is -2.08. The molecule has 3 aromatic rings. The largest absolute Gasteiger partial charge is 0.423 e. The van der Waals surface area contributed by atoms with E-state index in [1.807, 2.05) is 41.7 Å². The van der Waals surface area contributed by atoms with Crippen molar-refractivity contribution in [2.75, 3.05) is 13.6 Å². The first-order valence-electron chi connectivity index (χ1n) is 7.16. The second kappa shape index (κ2) is 5.99. The maximum Gasteiger partial charge on any atom is 0.336 e. The summed E-state index contributed by atoms with van der Waals surface area (Å²) in [6.07, 6.45) is 0. The Hall–Kier alpha value is -2.66. The summed E-state index contributed by atoms with van der Waals surface area (Å²) < 4.78 is 5.31. The molecule has 0 unspecified atom stereocenters. The van der Waals surface area contributed by atoms with Crippen LogP contribution >= 0.6 is 0 Å². The summed E-state index contributed by atoms with van der Waals surface area (Å²) in [7, 11) is 1.61. The van der Waals surface area contributed by atoms with Gasteiger partial charge in [-0.3, -0.25) is 4.79 Å². The van der Waals surface area contributed by atoms with Gasteiger partial charge in [-0.15, -0.1) is 0 Å². The molecule has 1 heterocycles. The number of likely N-dealkylation sites (N-methyl/N-ethyl adjacent to an activating group) is 1. The third-order valence-electron chi connectivity index (χ3n) is 3.69.